The Morgan fingerprint density at radius 1 is 1.09 bits per heavy atom. The fourth-order valence-corrected chi connectivity index (χ4v) is 3.65. The molecular formula is C22H24N10O. The molecule has 0 saturated heterocycles. The van der Waals surface area contributed by atoms with E-state index in [2.05, 4.69) is 34.3 Å². The van der Waals surface area contributed by atoms with Crippen molar-refractivity contribution in [2.24, 2.45) is 7.05 Å². The summed E-state index contributed by atoms with van der Waals surface area (Å²) in [7, 11) is 1.90. The predicted molar refractivity (Wildman–Crippen MR) is 123 cm³/mol. The van der Waals surface area contributed by atoms with Crippen molar-refractivity contribution in [3.05, 3.63) is 54.2 Å². The number of anilines is 2. The molecule has 0 aliphatic heterocycles. The molecule has 5 heterocycles. The third kappa shape index (κ3) is 3.72. The van der Waals surface area contributed by atoms with Crippen LogP contribution in [0.3, 0.4) is 0 Å². The van der Waals surface area contributed by atoms with Gasteiger partial charge in [0.2, 0.25) is 5.82 Å². The summed E-state index contributed by atoms with van der Waals surface area (Å²) in [4.78, 5) is 9.17. The second kappa shape index (κ2) is 8.10. The second-order valence-corrected chi connectivity index (χ2v) is 8.07. The molecule has 2 N–H and O–H groups in total. The van der Waals surface area contributed by atoms with Gasteiger partial charge in [-0.2, -0.15) is 10.2 Å². The minimum Gasteiger partial charge on any atom is -0.390 e. The van der Waals surface area contributed by atoms with E-state index >= 15 is 0 Å². The Kier molecular flexibility index (Phi) is 5.09. The first-order valence-corrected chi connectivity index (χ1v) is 10.6. The first-order valence-electron chi connectivity index (χ1n) is 10.6. The molecule has 0 unspecified atom stereocenters. The van der Waals surface area contributed by atoms with Gasteiger partial charge in [-0.1, -0.05) is 0 Å². The van der Waals surface area contributed by atoms with Crippen molar-refractivity contribution < 1.29 is 5.11 Å². The molecule has 0 amide bonds. The van der Waals surface area contributed by atoms with E-state index in [9.17, 15) is 5.11 Å². The number of rotatable bonds is 6. The molecule has 0 saturated carbocycles. The van der Waals surface area contributed by atoms with E-state index in [-0.39, 0.29) is 12.6 Å². The van der Waals surface area contributed by atoms with Gasteiger partial charge in [0.15, 0.2) is 17.5 Å². The van der Waals surface area contributed by atoms with Crippen LogP contribution < -0.4 is 5.32 Å². The Bertz CT molecular complexity index is 1430. The van der Waals surface area contributed by atoms with Gasteiger partial charge < -0.3 is 15.0 Å². The van der Waals surface area contributed by atoms with E-state index in [1.165, 1.54) is 0 Å². The molecule has 0 aliphatic carbocycles. The van der Waals surface area contributed by atoms with Gasteiger partial charge in [0, 0.05) is 43.4 Å². The van der Waals surface area contributed by atoms with Crippen molar-refractivity contribution in [3.63, 3.8) is 0 Å². The highest BCUT2D eigenvalue weighted by molar-refractivity contribution is 5.83. The first-order chi connectivity index (χ1) is 15.9. The van der Waals surface area contributed by atoms with Gasteiger partial charge in [0.05, 0.1) is 18.0 Å². The number of hydrogen-bond acceptors (Lipinski definition) is 8. The highest BCUT2D eigenvalue weighted by Crippen LogP contribution is 2.32. The third-order valence-corrected chi connectivity index (χ3v) is 5.45. The molecule has 5 rings (SSSR count). The maximum absolute atomic E-state index is 9.25. The lowest BCUT2D eigenvalue weighted by Crippen LogP contribution is -2.07. The molecule has 5 aromatic rings. The summed E-state index contributed by atoms with van der Waals surface area (Å²) in [6, 6.07) is 5.73. The molecule has 0 bridgehead atoms. The Morgan fingerprint density at radius 3 is 2.58 bits per heavy atom. The largest absolute Gasteiger partial charge is 0.390 e. The van der Waals surface area contributed by atoms with E-state index in [0.29, 0.717) is 29.0 Å². The van der Waals surface area contributed by atoms with Crippen LogP contribution in [0.5, 0.6) is 0 Å². The second-order valence-electron chi connectivity index (χ2n) is 8.07. The number of aliphatic hydroxyl groups is 1. The predicted octanol–water partition coefficient (Wildman–Crippen LogP) is 2.91. The molecule has 33 heavy (non-hydrogen) atoms. The standard InChI is InChI=1S/C22H24N10O/c1-13(2)31-9-7-17(28-31)16-11-32-19(14(16)3)20(24-18-6-5-15(12-33)26-27-18)25-21(29-32)22-23-8-10-30(22)4/h5-11,13,33H,12H2,1-4H3,(H,24,25,27,29). The Hall–Kier alpha value is -4.12. The molecule has 0 radical (unpaired) electrons. The molecule has 0 fully saturated rings. The Balaban J connectivity index is 1.67. The van der Waals surface area contributed by atoms with Crippen molar-refractivity contribution in [3.8, 4) is 22.9 Å². The summed E-state index contributed by atoms with van der Waals surface area (Å²) in [5.41, 5.74) is 4.10. The van der Waals surface area contributed by atoms with Crippen molar-refractivity contribution in [2.75, 3.05) is 5.32 Å². The number of nitrogens with zero attached hydrogens (tertiary/aromatic N) is 9. The molecule has 11 heteroatoms. The van der Waals surface area contributed by atoms with Crippen LogP contribution in [0.2, 0.25) is 0 Å². The number of imidazole rings is 1. The highest BCUT2D eigenvalue weighted by Gasteiger charge is 2.20. The number of aromatic nitrogens is 9. The summed E-state index contributed by atoms with van der Waals surface area (Å²) in [6.07, 6.45) is 7.49. The van der Waals surface area contributed by atoms with Gasteiger partial charge in [0.25, 0.3) is 0 Å². The fourth-order valence-electron chi connectivity index (χ4n) is 3.65. The summed E-state index contributed by atoms with van der Waals surface area (Å²) >= 11 is 0. The van der Waals surface area contributed by atoms with Crippen LogP contribution in [0.25, 0.3) is 28.4 Å². The van der Waals surface area contributed by atoms with Crippen molar-refractivity contribution in [1.29, 1.82) is 0 Å². The van der Waals surface area contributed by atoms with E-state index in [1.54, 1.807) is 22.8 Å². The molecule has 168 valence electrons. The molecule has 0 spiro atoms. The van der Waals surface area contributed by atoms with Crippen LogP contribution in [-0.4, -0.2) is 49.2 Å². The van der Waals surface area contributed by atoms with Gasteiger partial charge in [-0.15, -0.1) is 10.2 Å². The zero-order valence-corrected chi connectivity index (χ0v) is 18.8. The van der Waals surface area contributed by atoms with Crippen LogP contribution in [-0.2, 0) is 13.7 Å². The van der Waals surface area contributed by atoms with Crippen LogP contribution in [0.4, 0.5) is 11.6 Å². The molecule has 11 nitrogen and oxygen atoms in total. The van der Waals surface area contributed by atoms with Crippen LogP contribution >= 0.6 is 0 Å². The maximum atomic E-state index is 9.25. The van der Waals surface area contributed by atoms with E-state index in [4.69, 9.17) is 15.2 Å². The SMILES string of the molecule is Cc1c(-c2ccn(C(C)C)n2)cn2nc(-c3nccn3C)nc(Nc3ccc(CO)nn3)c12. The van der Waals surface area contributed by atoms with Gasteiger partial charge >= 0.3 is 0 Å². The van der Waals surface area contributed by atoms with Gasteiger partial charge in [-0.25, -0.2) is 14.5 Å². The number of hydrogen-bond donors (Lipinski definition) is 2. The lowest BCUT2D eigenvalue weighted by atomic mass is 10.1. The van der Waals surface area contributed by atoms with Gasteiger partial charge in [0.1, 0.15) is 5.52 Å². The normalized spacial score (nSPS) is 11.6. The van der Waals surface area contributed by atoms with E-state index < -0.39 is 0 Å². The fraction of sp³-hybridized carbons (Fsp3) is 0.273. The summed E-state index contributed by atoms with van der Waals surface area (Å²) in [6.45, 7) is 6.04. The number of aliphatic hydroxyl groups excluding tert-OH is 1. The van der Waals surface area contributed by atoms with Gasteiger partial charge in [-0.05, 0) is 44.5 Å². The maximum Gasteiger partial charge on any atom is 0.218 e. The molecular weight excluding hydrogens is 420 g/mol. The minimum atomic E-state index is -0.168. The van der Waals surface area contributed by atoms with Gasteiger partial charge in [-0.3, -0.25) is 4.68 Å². The molecule has 5 aromatic heterocycles. The Labute approximate surface area is 189 Å². The Morgan fingerprint density at radius 2 is 1.94 bits per heavy atom. The zero-order chi connectivity index (χ0) is 23.1. The van der Waals surface area contributed by atoms with Crippen LogP contribution in [0, 0.1) is 6.92 Å². The quantitative estimate of drug-likeness (QED) is 0.410. The minimum absolute atomic E-state index is 0.168. The first kappa shape index (κ1) is 20.8. The molecule has 0 aliphatic rings. The number of aryl methyl sites for hydroxylation is 2. The summed E-state index contributed by atoms with van der Waals surface area (Å²) in [5, 5.41) is 30.1. The molecule has 0 atom stereocenters. The average Bonchev–Trinajstić information content (AvgIpc) is 3.53. The lowest BCUT2D eigenvalue weighted by molar-refractivity contribution is 0.275. The highest BCUT2D eigenvalue weighted by atomic mass is 16.3. The zero-order valence-electron chi connectivity index (χ0n) is 18.8. The summed E-state index contributed by atoms with van der Waals surface area (Å²) in [5.74, 6) is 2.18. The lowest BCUT2D eigenvalue weighted by Gasteiger charge is -2.10. The van der Waals surface area contributed by atoms with Crippen LogP contribution in [0.1, 0.15) is 31.1 Å². The smallest absolute Gasteiger partial charge is 0.218 e. The van der Waals surface area contributed by atoms with Crippen molar-refractivity contribution in [2.45, 2.75) is 33.4 Å². The van der Waals surface area contributed by atoms with Crippen molar-refractivity contribution in [1.82, 2.24) is 44.1 Å². The number of nitrogens with one attached hydrogen (secondary N) is 1. The average molecular weight is 445 g/mol. The number of fused-ring (bicyclic) bond motifs is 1. The van der Waals surface area contributed by atoms with Crippen molar-refractivity contribution >= 4 is 17.2 Å². The third-order valence-electron chi connectivity index (χ3n) is 5.45. The molecule has 0 aromatic carbocycles. The topological polar surface area (TPSA) is 124 Å². The van der Waals surface area contributed by atoms with E-state index in [0.717, 1.165) is 22.3 Å². The summed E-state index contributed by atoms with van der Waals surface area (Å²) < 4.78 is 5.59. The monoisotopic (exact) mass is 444 g/mol. The van der Waals surface area contributed by atoms with Crippen LogP contribution in [0.15, 0.2) is 43.0 Å². The van der Waals surface area contributed by atoms with E-state index in [1.807, 2.05) is 47.9 Å².